The Morgan fingerprint density at radius 1 is 1.17 bits per heavy atom. The molecule has 0 amide bonds. The summed E-state index contributed by atoms with van der Waals surface area (Å²) in [6.45, 7) is 6.10. The molecule has 0 fully saturated rings. The van der Waals surface area contributed by atoms with E-state index in [1.807, 2.05) is 49.4 Å². The predicted octanol–water partition coefficient (Wildman–Crippen LogP) is 4.88. The average Bonchev–Trinajstić information content (AvgIpc) is 3.10. The number of esters is 1. The van der Waals surface area contributed by atoms with Crippen LogP contribution < -0.4 is 9.64 Å². The van der Waals surface area contributed by atoms with E-state index in [1.54, 1.807) is 6.92 Å². The van der Waals surface area contributed by atoms with Crippen LogP contribution in [-0.2, 0) is 11.2 Å². The van der Waals surface area contributed by atoms with Gasteiger partial charge in [0.25, 0.3) is 0 Å². The Bertz CT molecular complexity index is 1040. The molecule has 2 heterocycles. The van der Waals surface area contributed by atoms with E-state index in [1.165, 1.54) is 11.8 Å². The summed E-state index contributed by atoms with van der Waals surface area (Å²) in [5.41, 5.74) is 3.55. The largest absolute Gasteiger partial charge is 0.469 e. The molecule has 0 radical (unpaired) electrons. The van der Waals surface area contributed by atoms with Gasteiger partial charge < -0.3 is 14.4 Å². The molecule has 1 aliphatic rings. The third-order valence-electron chi connectivity index (χ3n) is 5.22. The molecule has 30 heavy (non-hydrogen) atoms. The molecule has 4 rings (SSSR count). The van der Waals surface area contributed by atoms with Crippen molar-refractivity contribution >= 4 is 17.6 Å². The van der Waals surface area contributed by atoms with Crippen LogP contribution in [0.5, 0.6) is 5.88 Å². The van der Waals surface area contributed by atoms with Gasteiger partial charge in [0, 0.05) is 11.7 Å². The van der Waals surface area contributed by atoms with Crippen LogP contribution in [0.2, 0.25) is 0 Å². The van der Waals surface area contributed by atoms with Crippen LogP contribution in [0.3, 0.4) is 0 Å². The molecule has 0 bridgehead atoms. The van der Waals surface area contributed by atoms with E-state index in [0.717, 1.165) is 17.7 Å². The van der Waals surface area contributed by atoms with Crippen LogP contribution in [0.4, 0.5) is 11.6 Å². The van der Waals surface area contributed by atoms with Crippen LogP contribution in [0.25, 0.3) is 0 Å². The van der Waals surface area contributed by atoms with Gasteiger partial charge in [0.2, 0.25) is 11.8 Å². The van der Waals surface area contributed by atoms with E-state index in [4.69, 9.17) is 9.47 Å². The van der Waals surface area contributed by atoms with Gasteiger partial charge in [0.05, 0.1) is 12.8 Å². The summed E-state index contributed by atoms with van der Waals surface area (Å²) in [5, 5.41) is 0. The van der Waals surface area contributed by atoms with Gasteiger partial charge in [0.15, 0.2) is 0 Å². The molecule has 154 valence electrons. The van der Waals surface area contributed by atoms with Crippen molar-refractivity contribution in [1.29, 1.82) is 0 Å². The van der Waals surface area contributed by atoms with Gasteiger partial charge in [-0.15, -0.1) is 0 Å². The van der Waals surface area contributed by atoms with Gasteiger partial charge in [-0.1, -0.05) is 48.5 Å². The molecule has 1 aliphatic heterocycles. The second kappa shape index (κ2) is 8.53. The fourth-order valence-corrected chi connectivity index (χ4v) is 3.74. The number of benzene rings is 2. The average molecular weight is 403 g/mol. The maximum Gasteiger partial charge on any atom is 0.345 e. The number of nitrogens with zero attached hydrogens (tertiary/aromatic N) is 3. The van der Waals surface area contributed by atoms with Crippen LogP contribution in [0.15, 0.2) is 60.8 Å². The number of aromatic nitrogens is 2. The first kappa shape index (κ1) is 19.9. The molecule has 3 aromatic rings. The van der Waals surface area contributed by atoms with Crippen LogP contribution in [-0.4, -0.2) is 28.6 Å². The highest BCUT2D eigenvalue weighted by atomic mass is 16.5. The van der Waals surface area contributed by atoms with E-state index in [2.05, 4.69) is 33.9 Å². The van der Waals surface area contributed by atoms with Gasteiger partial charge in [0.1, 0.15) is 11.7 Å². The maximum atomic E-state index is 12.5. The van der Waals surface area contributed by atoms with Crippen molar-refractivity contribution in [2.75, 3.05) is 11.5 Å². The number of carbonyl (C=O) groups is 1. The summed E-state index contributed by atoms with van der Waals surface area (Å²) in [5.74, 6) is 0.247. The molecular formula is C24H25N3O3. The third kappa shape index (κ3) is 3.85. The zero-order chi connectivity index (χ0) is 21.1. The number of para-hydroxylation sites is 1. The first-order valence-electron chi connectivity index (χ1n) is 10.2. The molecule has 0 spiro atoms. The number of ether oxygens (including phenoxy) is 2. The van der Waals surface area contributed by atoms with Crippen molar-refractivity contribution in [2.24, 2.45) is 0 Å². The zero-order valence-electron chi connectivity index (χ0n) is 17.4. The predicted molar refractivity (Wildman–Crippen MR) is 115 cm³/mol. The van der Waals surface area contributed by atoms with Crippen LogP contribution in [0.1, 0.15) is 48.4 Å². The third-order valence-corrected chi connectivity index (χ3v) is 5.22. The van der Waals surface area contributed by atoms with Crippen molar-refractivity contribution in [2.45, 2.75) is 39.3 Å². The molecule has 1 aromatic heterocycles. The molecule has 0 aliphatic carbocycles. The Labute approximate surface area is 176 Å². The monoisotopic (exact) mass is 403 g/mol. The minimum atomic E-state index is -0.491. The second-order valence-corrected chi connectivity index (χ2v) is 7.33. The Morgan fingerprint density at radius 2 is 1.90 bits per heavy atom. The lowest BCUT2D eigenvalue weighted by molar-refractivity contribution is 0.0517. The first-order valence-corrected chi connectivity index (χ1v) is 10.2. The molecule has 6 heteroatoms. The lowest BCUT2D eigenvalue weighted by Gasteiger charge is -2.24. The van der Waals surface area contributed by atoms with Gasteiger partial charge in [-0.25, -0.2) is 9.78 Å². The van der Waals surface area contributed by atoms with Crippen molar-refractivity contribution in [3.8, 4) is 5.88 Å². The summed E-state index contributed by atoms with van der Waals surface area (Å²) in [6.07, 6.45) is 2.13. The molecular weight excluding hydrogens is 378 g/mol. The van der Waals surface area contributed by atoms with Gasteiger partial charge in [-0.05, 0) is 44.4 Å². The fraction of sp³-hybridized carbons (Fsp3) is 0.292. The molecule has 0 saturated carbocycles. The lowest BCUT2D eigenvalue weighted by Crippen LogP contribution is -2.26. The Hall–Kier alpha value is -3.41. The van der Waals surface area contributed by atoms with Gasteiger partial charge >= 0.3 is 5.97 Å². The van der Waals surface area contributed by atoms with Crippen LogP contribution in [0, 0.1) is 0 Å². The number of anilines is 2. The highest BCUT2D eigenvalue weighted by Gasteiger charge is 2.30. The van der Waals surface area contributed by atoms with Crippen molar-refractivity contribution in [1.82, 2.24) is 9.97 Å². The van der Waals surface area contributed by atoms with Gasteiger partial charge in [-0.3, -0.25) is 0 Å². The molecule has 6 nitrogen and oxygen atoms in total. The molecule has 0 N–H and O–H groups in total. The Balaban J connectivity index is 1.72. The van der Waals surface area contributed by atoms with E-state index in [-0.39, 0.29) is 30.2 Å². The lowest BCUT2D eigenvalue weighted by atomic mass is 10.1. The minimum Gasteiger partial charge on any atom is -0.469 e. The second-order valence-electron chi connectivity index (χ2n) is 7.33. The van der Waals surface area contributed by atoms with E-state index >= 15 is 0 Å². The maximum absolute atomic E-state index is 12.5. The summed E-state index contributed by atoms with van der Waals surface area (Å²) >= 11 is 0. The van der Waals surface area contributed by atoms with Crippen molar-refractivity contribution in [3.63, 3.8) is 0 Å². The highest BCUT2D eigenvalue weighted by molar-refractivity contribution is 5.91. The van der Waals surface area contributed by atoms with Crippen LogP contribution >= 0.6 is 0 Å². The molecule has 2 aromatic carbocycles. The van der Waals surface area contributed by atoms with E-state index in [9.17, 15) is 4.79 Å². The summed E-state index contributed by atoms with van der Waals surface area (Å²) < 4.78 is 11.3. The number of hydrogen-bond donors (Lipinski definition) is 0. The molecule has 2 atom stereocenters. The fourth-order valence-electron chi connectivity index (χ4n) is 3.74. The smallest absolute Gasteiger partial charge is 0.345 e. The normalized spacial score (nSPS) is 16.1. The van der Waals surface area contributed by atoms with E-state index < -0.39 is 5.97 Å². The minimum absolute atomic E-state index is 0.204. The number of carbonyl (C=O) groups excluding carboxylic acids is 1. The van der Waals surface area contributed by atoms with Crippen molar-refractivity contribution < 1.29 is 14.3 Å². The first-order chi connectivity index (χ1) is 14.6. The summed E-state index contributed by atoms with van der Waals surface area (Å²) in [6, 6.07) is 18.3. The topological polar surface area (TPSA) is 64.5 Å². The van der Waals surface area contributed by atoms with Crippen molar-refractivity contribution in [3.05, 3.63) is 77.5 Å². The number of rotatable bonds is 6. The molecule has 1 unspecified atom stereocenters. The zero-order valence-corrected chi connectivity index (χ0v) is 17.4. The Kier molecular flexibility index (Phi) is 5.65. The van der Waals surface area contributed by atoms with Gasteiger partial charge in [-0.2, -0.15) is 4.98 Å². The summed E-state index contributed by atoms with van der Waals surface area (Å²) in [7, 11) is 0. The summed E-state index contributed by atoms with van der Waals surface area (Å²) in [4.78, 5) is 23.7. The standard InChI is InChI=1S/C24H25N3O3/c1-4-29-23(28)20-15-25-24(27-16(2)14-19-12-8-9-13-21(19)27)26-22(20)30-17(3)18-10-6-5-7-11-18/h5-13,15-17H,4,14H2,1-3H3/t16-,17?/m1/s1. The number of hydrogen-bond acceptors (Lipinski definition) is 6. The highest BCUT2D eigenvalue weighted by Crippen LogP contribution is 2.37. The number of fused-ring (bicyclic) bond motifs is 1. The van der Waals surface area contributed by atoms with E-state index in [0.29, 0.717) is 5.95 Å². The quantitative estimate of drug-likeness (QED) is 0.547. The molecule has 0 saturated heterocycles. The SMILES string of the molecule is CCOC(=O)c1cnc(N2c3ccccc3C[C@H]2C)nc1OC(C)c1ccccc1. The Morgan fingerprint density at radius 3 is 2.67 bits per heavy atom.